The van der Waals surface area contributed by atoms with Crippen molar-refractivity contribution in [1.29, 1.82) is 0 Å². The molecule has 1 aromatic heterocycles. The molecule has 0 amide bonds. The molecule has 82 valence electrons. The number of aromatic nitrogens is 2. The highest BCUT2D eigenvalue weighted by Crippen LogP contribution is 2.62. The fraction of sp³-hybridized carbons (Fsp3) is 0.818. The van der Waals surface area contributed by atoms with Crippen LogP contribution in [0.3, 0.4) is 0 Å². The lowest BCUT2D eigenvalue weighted by molar-refractivity contribution is 0.362. The van der Waals surface area contributed by atoms with E-state index in [4.69, 9.17) is 4.52 Å². The lowest BCUT2D eigenvalue weighted by Gasteiger charge is -1.95. The van der Waals surface area contributed by atoms with E-state index in [1.54, 1.807) is 0 Å². The van der Waals surface area contributed by atoms with Gasteiger partial charge >= 0.3 is 0 Å². The zero-order valence-electron chi connectivity index (χ0n) is 9.07. The summed E-state index contributed by atoms with van der Waals surface area (Å²) < 4.78 is 5.32. The van der Waals surface area contributed by atoms with Gasteiger partial charge in [0.1, 0.15) is 0 Å². The molecule has 0 spiro atoms. The highest BCUT2D eigenvalue weighted by molar-refractivity contribution is 5.15. The van der Waals surface area contributed by atoms with Gasteiger partial charge < -0.3 is 9.84 Å². The summed E-state index contributed by atoms with van der Waals surface area (Å²) in [4.78, 5) is 4.45. The van der Waals surface area contributed by atoms with E-state index in [2.05, 4.69) is 22.4 Å². The molecule has 2 aliphatic rings. The van der Waals surface area contributed by atoms with Crippen LogP contribution in [0.2, 0.25) is 0 Å². The van der Waals surface area contributed by atoms with E-state index in [1.165, 1.54) is 19.3 Å². The number of fused-ring (bicyclic) bond motifs is 1. The Morgan fingerprint density at radius 1 is 1.40 bits per heavy atom. The predicted molar refractivity (Wildman–Crippen MR) is 55.3 cm³/mol. The molecule has 2 saturated carbocycles. The lowest BCUT2D eigenvalue weighted by atomic mass is 10.1. The molecule has 2 aliphatic carbocycles. The molecule has 1 aromatic rings. The number of nitrogens with zero attached hydrogens (tertiary/aromatic N) is 2. The third-order valence-corrected chi connectivity index (χ3v) is 3.71. The van der Waals surface area contributed by atoms with Crippen molar-refractivity contribution in [2.75, 3.05) is 6.54 Å². The monoisotopic (exact) mass is 207 g/mol. The first-order chi connectivity index (χ1) is 7.40. The average Bonchev–Trinajstić information content (AvgIpc) is 2.73. The Morgan fingerprint density at radius 2 is 2.20 bits per heavy atom. The second kappa shape index (κ2) is 3.59. The van der Waals surface area contributed by atoms with Gasteiger partial charge in [-0.15, -0.1) is 0 Å². The van der Waals surface area contributed by atoms with Crippen LogP contribution in [0.15, 0.2) is 4.52 Å². The highest BCUT2D eigenvalue weighted by Gasteiger charge is 2.56. The molecule has 1 N–H and O–H groups in total. The zero-order valence-corrected chi connectivity index (χ0v) is 9.07. The molecule has 2 fully saturated rings. The third-order valence-electron chi connectivity index (χ3n) is 3.71. The van der Waals surface area contributed by atoms with E-state index in [0.29, 0.717) is 5.92 Å². The molecular formula is C11H17N3O. The van der Waals surface area contributed by atoms with E-state index in [9.17, 15) is 0 Å². The van der Waals surface area contributed by atoms with Crippen molar-refractivity contribution in [2.45, 2.75) is 38.6 Å². The van der Waals surface area contributed by atoms with Crippen molar-refractivity contribution >= 4 is 0 Å². The number of nitrogens with one attached hydrogen (secondary N) is 1. The number of rotatable bonds is 4. The van der Waals surface area contributed by atoms with Gasteiger partial charge in [0.15, 0.2) is 5.82 Å². The maximum Gasteiger partial charge on any atom is 0.230 e. The van der Waals surface area contributed by atoms with Crippen molar-refractivity contribution in [3.8, 4) is 0 Å². The molecular weight excluding hydrogens is 190 g/mol. The van der Waals surface area contributed by atoms with Crippen LogP contribution in [-0.2, 0) is 6.54 Å². The Balaban J connectivity index is 1.64. The topological polar surface area (TPSA) is 51.0 Å². The zero-order chi connectivity index (χ0) is 10.3. The van der Waals surface area contributed by atoms with Gasteiger partial charge in [-0.3, -0.25) is 0 Å². The van der Waals surface area contributed by atoms with Crippen LogP contribution in [-0.4, -0.2) is 16.7 Å². The summed E-state index contributed by atoms with van der Waals surface area (Å²) in [6, 6.07) is 0. The third kappa shape index (κ3) is 1.57. The molecule has 1 heterocycles. The van der Waals surface area contributed by atoms with Crippen molar-refractivity contribution < 1.29 is 4.52 Å². The fourth-order valence-corrected chi connectivity index (χ4v) is 2.90. The average molecular weight is 207 g/mol. The van der Waals surface area contributed by atoms with Gasteiger partial charge in [-0.1, -0.05) is 18.5 Å². The first kappa shape index (κ1) is 9.33. The molecule has 4 nitrogen and oxygen atoms in total. The Hall–Kier alpha value is -0.900. The minimum absolute atomic E-state index is 0.599. The van der Waals surface area contributed by atoms with E-state index in [0.717, 1.165) is 36.6 Å². The van der Waals surface area contributed by atoms with Gasteiger partial charge in [0.25, 0.3) is 0 Å². The van der Waals surface area contributed by atoms with Crippen LogP contribution in [0.5, 0.6) is 0 Å². The van der Waals surface area contributed by atoms with Crippen LogP contribution >= 0.6 is 0 Å². The normalized spacial score (nSPS) is 33.0. The Bertz CT molecular complexity index is 339. The summed E-state index contributed by atoms with van der Waals surface area (Å²) in [7, 11) is 0. The molecule has 0 radical (unpaired) electrons. The first-order valence-corrected chi connectivity index (χ1v) is 5.93. The second-order valence-electron chi connectivity index (χ2n) is 4.61. The molecule has 0 saturated heterocycles. The smallest absolute Gasteiger partial charge is 0.230 e. The van der Waals surface area contributed by atoms with Crippen LogP contribution in [0.4, 0.5) is 0 Å². The van der Waals surface area contributed by atoms with Crippen molar-refractivity contribution in [1.82, 2.24) is 15.5 Å². The van der Waals surface area contributed by atoms with E-state index in [1.807, 2.05) is 0 Å². The molecule has 2 atom stereocenters. The predicted octanol–water partition coefficient (Wildman–Crippen LogP) is 1.69. The largest absolute Gasteiger partial charge is 0.339 e. The summed E-state index contributed by atoms with van der Waals surface area (Å²) in [6.45, 7) is 3.74. The summed E-state index contributed by atoms with van der Waals surface area (Å²) >= 11 is 0. The molecule has 0 aliphatic heterocycles. The summed E-state index contributed by atoms with van der Waals surface area (Å²) in [5, 5.41) is 7.20. The summed E-state index contributed by atoms with van der Waals surface area (Å²) in [5.41, 5.74) is 0. The standard InChI is InChI=1S/C11H17N3O/c1-2-12-6-9-13-11(15-14-9)10-7-4-3-5-8(7)10/h7-8,10,12H,2-6H2,1H3. The van der Waals surface area contributed by atoms with Crippen LogP contribution in [0.25, 0.3) is 0 Å². The van der Waals surface area contributed by atoms with Crippen molar-refractivity contribution in [3.63, 3.8) is 0 Å². The minimum atomic E-state index is 0.599. The maximum atomic E-state index is 5.32. The fourth-order valence-electron chi connectivity index (χ4n) is 2.90. The highest BCUT2D eigenvalue weighted by atomic mass is 16.5. The summed E-state index contributed by atoms with van der Waals surface area (Å²) in [6.07, 6.45) is 4.12. The van der Waals surface area contributed by atoms with Gasteiger partial charge in [0, 0.05) is 5.92 Å². The molecule has 0 aromatic carbocycles. The maximum absolute atomic E-state index is 5.32. The van der Waals surface area contributed by atoms with Gasteiger partial charge in [-0.2, -0.15) is 4.98 Å². The number of hydrogen-bond donors (Lipinski definition) is 1. The quantitative estimate of drug-likeness (QED) is 0.816. The van der Waals surface area contributed by atoms with Gasteiger partial charge in [0.2, 0.25) is 5.89 Å². The van der Waals surface area contributed by atoms with Crippen molar-refractivity contribution in [2.24, 2.45) is 11.8 Å². The first-order valence-electron chi connectivity index (χ1n) is 5.93. The van der Waals surface area contributed by atoms with E-state index in [-0.39, 0.29) is 0 Å². The van der Waals surface area contributed by atoms with Crippen molar-refractivity contribution in [3.05, 3.63) is 11.7 Å². The molecule has 0 bridgehead atoms. The van der Waals surface area contributed by atoms with Gasteiger partial charge in [-0.25, -0.2) is 0 Å². The second-order valence-corrected chi connectivity index (χ2v) is 4.61. The Morgan fingerprint density at radius 3 is 2.93 bits per heavy atom. The summed E-state index contributed by atoms with van der Waals surface area (Å²) in [5.74, 6) is 4.01. The molecule has 3 rings (SSSR count). The lowest BCUT2D eigenvalue weighted by Crippen LogP contribution is -2.12. The minimum Gasteiger partial charge on any atom is -0.339 e. The van der Waals surface area contributed by atoms with E-state index < -0.39 is 0 Å². The Kier molecular flexibility index (Phi) is 2.24. The molecule has 15 heavy (non-hydrogen) atoms. The van der Waals surface area contributed by atoms with Gasteiger partial charge in [-0.05, 0) is 31.2 Å². The molecule has 4 heteroatoms. The SMILES string of the molecule is CCNCc1noc(C2C3CCCC32)n1. The van der Waals surface area contributed by atoms with E-state index >= 15 is 0 Å². The van der Waals surface area contributed by atoms with Gasteiger partial charge in [0.05, 0.1) is 6.54 Å². The van der Waals surface area contributed by atoms with Crippen LogP contribution in [0.1, 0.15) is 43.8 Å². The molecule has 2 unspecified atom stereocenters. The Labute approximate surface area is 89.4 Å². The van der Waals surface area contributed by atoms with Crippen LogP contribution in [0, 0.1) is 11.8 Å². The number of hydrogen-bond acceptors (Lipinski definition) is 4. The van der Waals surface area contributed by atoms with Crippen LogP contribution < -0.4 is 5.32 Å².